The molecule has 5 rings (SSSR count). The number of likely N-dealkylation sites (tertiary alicyclic amines) is 1. The molecule has 0 unspecified atom stereocenters. The van der Waals surface area contributed by atoms with E-state index < -0.39 is 6.04 Å². The van der Waals surface area contributed by atoms with Crippen LogP contribution in [-0.2, 0) is 6.42 Å². The van der Waals surface area contributed by atoms with Gasteiger partial charge in [-0.05, 0) is 61.7 Å². The van der Waals surface area contributed by atoms with Crippen molar-refractivity contribution >= 4 is 34.4 Å². The first-order valence-electron chi connectivity index (χ1n) is 11.3. The third kappa shape index (κ3) is 4.54. The van der Waals surface area contributed by atoms with Gasteiger partial charge >= 0.3 is 0 Å². The maximum absolute atomic E-state index is 13.2. The molecular formula is C25H25ClN6O2. The van der Waals surface area contributed by atoms with Gasteiger partial charge in [0.25, 0.3) is 11.8 Å². The molecule has 174 valence electrons. The van der Waals surface area contributed by atoms with E-state index in [-0.39, 0.29) is 11.8 Å². The fraction of sp³-hybridized carbons (Fsp3) is 0.280. The summed E-state index contributed by atoms with van der Waals surface area (Å²) in [4.78, 5) is 43.0. The van der Waals surface area contributed by atoms with E-state index in [4.69, 9.17) is 11.6 Å². The van der Waals surface area contributed by atoms with E-state index in [0.717, 1.165) is 48.2 Å². The van der Waals surface area contributed by atoms with E-state index >= 15 is 0 Å². The number of H-pyrrole nitrogens is 2. The van der Waals surface area contributed by atoms with Gasteiger partial charge < -0.3 is 20.2 Å². The lowest BCUT2D eigenvalue weighted by Crippen LogP contribution is -2.31. The van der Waals surface area contributed by atoms with Crippen molar-refractivity contribution in [2.24, 2.45) is 0 Å². The van der Waals surface area contributed by atoms with Crippen LogP contribution < -0.4 is 5.32 Å². The molecule has 1 fully saturated rings. The summed E-state index contributed by atoms with van der Waals surface area (Å²) in [6.45, 7) is 3.45. The Morgan fingerprint density at radius 3 is 2.74 bits per heavy atom. The number of aryl methyl sites for hydroxylation is 1. The number of rotatable bonds is 6. The number of hydrogen-bond donors (Lipinski definition) is 3. The Hall–Kier alpha value is -3.65. The number of hydrogen-bond acceptors (Lipinski definition) is 4. The van der Waals surface area contributed by atoms with E-state index in [9.17, 15) is 9.59 Å². The first kappa shape index (κ1) is 22.2. The van der Waals surface area contributed by atoms with Crippen molar-refractivity contribution in [1.29, 1.82) is 0 Å². The summed E-state index contributed by atoms with van der Waals surface area (Å²) in [5.74, 6) is 0.407. The molecule has 9 heteroatoms. The molecule has 1 saturated heterocycles. The predicted molar refractivity (Wildman–Crippen MR) is 130 cm³/mol. The SMILES string of the molecule is Cc1cc(C(=O)N[C@@H](Cc2cnc[nH]2)c2nc3ccc(Cl)cc3[nH]2)ccc1C(=O)N1CCCC1. The highest BCUT2D eigenvalue weighted by atomic mass is 35.5. The molecule has 2 aromatic heterocycles. The van der Waals surface area contributed by atoms with Crippen LogP contribution in [0.3, 0.4) is 0 Å². The molecule has 2 amide bonds. The van der Waals surface area contributed by atoms with Crippen LogP contribution in [-0.4, -0.2) is 49.7 Å². The van der Waals surface area contributed by atoms with E-state index in [1.807, 2.05) is 24.0 Å². The smallest absolute Gasteiger partial charge is 0.254 e. The van der Waals surface area contributed by atoms with Crippen molar-refractivity contribution in [2.75, 3.05) is 13.1 Å². The zero-order valence-electron chi connectivity index (χ0n) is 18.8. The molecule has 2 aromatic carbocycles. The van der Waals surface area contributed by atoms with Gasteiger partial charge in [-0.1, -0.05) is 11.6 Å². The van der Waals surface area contributed by atoms with Crippen LogP contribution >= 0.6 is 11.6 Å². The van der Waals surface area contributed by atoms with Crippen molar-refractivity contribution in [3.8, 4) is 0 Å². The number of benzene rings is 2. The van der Waals surface area contributed by atoms with Crippen molar-refractivity contribution in [3.05, 3.63) is 82.2 Å². The third-order valence-electron chi connectivity index (χ3n) is 6.19. The molecule has 34 heavy (non-hydrogen) atoms. The summed E-state index contributed by atoms with van der Waals surface area (Å²) in [6, 6.07) is 10.2. The lowest BCUT2D eigenvalue weighted by Gasteiger charge is -2.18. The minimum absolute atomic E-state index is 0.0278. The summed E-state index contributed by atoms with van der Waals surface area (Å²) in [7, 11) is 0. The molecule has 1 atom stereocenters. The molecule has 0 saturated carbocycles. The van der Waals surface area contributed by atoms with E-state index in [1.165, 1.54) is 0 Å². The number of imidazole rings is 2. The molecule has 0 radical (unpaired) electrons. The van der Waals surface area contributed by atoms with Gasteiger partial charge in [0.05, 0.1) is 23.4 Å². The maximum atomic E-state index is 13.2. The molecular weight excluding hydrogens is 452 g/mol. The number of aromatic nitrogens is 4. The van der Waals surface area contributed by atoms with Gasteiger partial charge in [-0.2, -0.15) is 0 Å². The average molecular weight is 477 g/mol. The molecule has 1 aliphatic heterocycles. The topological polar surface area (TPSA) is 107 Å². The number of aromatic amines is 2. The number of nitrogens with one attached hydrogen (secondary N) is 3. The number of amides is 2. The minimum atomic E-state index is -0.426. The summed E-state index contributed by atoms with van der Waals surface area (Å²) in [5.41, 5.74) is 4.35. The van der Waals surface area contributed by atoms with E-state index in [1.54, 1.807) is 36.8 Å². The highest BCUT2D eigenvalue weighted by Crippen LogP contribution is 2.23. The van der Waals surface area contributed by atoms with Crippen LogP contribution in [0.15, 0.2) is 48.9 Å². The average Bonchev–Trinajstić information content (AvgIpc) is 3.59. The lowest BCUT2D eigenvalue weighted by molar-refractivity contribution is 0.0791. The number of nitrogens with zero attached hydrogens (tertiary/aromatic N) is 3. The molecule has 0 bridgehead atoms. The normalized spacial score (nSPS) is 14.5. The number of fused-ring (bicyclic) bond motifs is 1. The fourth-order valence-electron chi connectivity index (χ4n) is 4.38. The second-order valence-electron chi connectivity index (χ2n) is 8.62. The van der Waals surface area contributed by atoms with E-state index in [0.29, 0.717) is 28.4 Å². The summed E-state index contributed by atoms with van der Waals surface area (Å²) >= 11 is 6.12. The molecule has 4 aromatic rings. The quantitative estimate of drug-likeness (QED) is 0.387. The van der Waals surface area contributed by atoms with Crippen LogP contribution in [0.5, 0.6) is 0 Å². The lowest BCUT2D eigenvalue weighted by atomic mass is 10.0. The minimum Gasteiger partial charge on any atom is -0.348 e. The highest BCUT2D eigenvalue weighted by Gasteiger charge is 2.23. The first-order valence-corrected chi connectivity index (χ1v) is 11.7. The molecule has 0 aliphatic carbocycles. The van der Waals surface area contributed by atoms with Gasteiger partial charge in [-0.15, -0.1) is 0 Å². The Labute approximate surface area is 201 Å². The predicted octanol–water partition coefficient (Wildman–Crippen LogP) is 4.20. The van der Waals surface area contributed by atoms with Crippen molar-refractivity contribution < 1.29 is 9.59 Å². The van der Waals surface area contributed by atoms with Gasteiger partial charge in [-0.3, -0.25) is 9.59 Å². The molecule has 8 nitrogen and oxygen atoms in total. The van der Waals surface area contributed by atoms with Crippen LogP contribution in [0, 0.1) is 6.92 Å². The van der Waals surface area contributed by atoms with Crippen molar-refractivity contribution in [2.45, 2.75) is 32.2 Å². The number of carbonyl (C=O) groups excluding carboxylic acids is 2. The Kier molecular flexibility index (Phi) is 6.06. The highest BCUT2D eigenvalue weighted by molar-refractivity contribution is 6.31. The van der Waals surface area contributed by atoms with Gasteiger partial charge in [-0.25, -0.2) is 9.97 Å². The van der Waals surface area contributed by atoms with Crippen molar-refractivity contribution in [1.82, 2.24) is 30.2 Å². The van der Waals surface area contributed by atoms with Gasteiger partial charge in [0.15, 0.2) is 0 Å². The second-order valence-corrected chi connectivity index (χ2v) is 9.06. The molecule has 0 spiro atoms. The third-order valence-corrected chi connectivity index (χ3v) is 6.42. The maximum Gasteiger partial charge on any atom is 0.254 e. The van der Waals surface area contributed by atoms with Gasteiger partial charge in [0.1, 0.15) is 5.82 Å². The van der Waals surface area contributed by atoms with E-state index in [2.05, 4.69) is 25.3 Å². The molecule has 3 N–H and O–H groups in total. The number of carbonyl (C=O) groups is 2. The Balaban J connectivity index is 1.39. The molecule has 1 aliphatic rings. The summed E-state index contributed by atoms with van der Waals surface area (Å²) < 4.78 is 0. The zero-order chi connectivity index (χ0) is 23.7. The summed E-state index contributed by atoms with van der Waals surface area (Å²) in [6.07, 6.45) is 5.88. The fourth-order valence-corrected chi connectivity index (χ4v) is 4.55. The largest absolute Gasteiger partial charge is 0.348 e. The Bertz CT molecular complexity index is 1340. The van der Waals surface area contributed by atoms with Crippen LogP contribution in [0.25, 0.3) is 11.0 Å². The van der Waals surface area contributed by atoms with Crippen LogP contribution in [0.2, 0.25) is 5.02 Å². The van der Waals surface area contributed by atoms with Crippen LogP contribution in [0.1, 0.15) is 56.7 Å². The zero-order valence-corrected chi connectivity index (χ0v) is 19.5. The van der Waals surface area contributed by atoms with Gasteiger partial charge in [0, 0.05) is 47.6 Å². The van der Waals surface area contributed by atoms with Crippen LogP contribution in [0.4, 0.5) is 0 Å². The second kappa shape index (κ2) is 9.30. The number of halogens is 1. The van der Waals surface area contributed by atoms with Crippen molar-refractivity contribution in [3.63, 3.8) is 0 Å². The first-order chi connectivity index (χ1) is 16.5. The standard InChI is InChI=1S/C25H25ClN6O2/c1-15-10-16(4-6-19(15)25(34)32-8-2-3-9-32)24(33)31-22(12-18-13-27-14-28-18)23-29-20-7-5-17(26)11-21(20)30-23/h4-7,10-11,13-14,22H,2-3,8-9,12H2,1H3,(H,27,28)(H,29,30)(H,31,33)/t22-/m0/s1. The Morgan fingerprint density at radius 2 is 2.00 bits per heavy atom. The monoisotopic (exact) mass is 476 g/mol. The Morgan fingerprint density at radius 1 is 1.18 bits per heavy atom. The summed E-state index contributed by atoms with van der Waals surface area (Å²) in [5, 5.41) is 3.69. The molecule has 3 heterocycles. The van der Waals surface area contributed by atoms with Gasteiger partial charge in [0.2, 0.25) is 0 Å².